The molecule has 1 aromatic carbocycles. The van der Waals surface area contributed by atoms with Gasteiger partial charge in [0.25, 0.3) is 0 Å². The lowest BCUT2D eigenvalue weighted by Crippen LogP contribution is -2.13. The van der Waals surface area contributed by atoms with Crippen molar-refractivity contribution < 1.29 is 28.6 Å². The smallest absolute Gasteiger partial charge is 0.436 e. The maximum atomic E-state index is 12.5. The van der Waals surface area contributed by atoms with E-state index in [1.165, 1.54) is 19.5 Å². The number of methoxy groups -OCH3 is 1. The number of fused-ring (bicyclic) bond motifs is 1. The Labute approximate surface area is 199 Å². The van der Waals surface area contributed by atoms with Gasteiger partial charge >= 0.3 is 17.5 Å². The van der Waals surface area contributed by atoms with E-state index >= 15 is 0 Å². The molecule has 1 aliphatic rings. The summed E-state index contributed by atoms with van der Waals surface area (Å²) in [4.78, 5) is 39.1. The number of pyridine rings is 1. The molecule has 2 heterocycles. The van der Waals surface area contributed by atoms with Crippen LogP contribution in [0, 0.1) is 30.6 Å². The van der Waals surface area contributed by atoms with Crippen molar-refractivity contribution in [2.24, 2.45) is 11.8 Å². The van der Waals surface area contributed by atoms with Crippen LogP contribution in [0.15, 0.2) is 36.7 Å². The molecule has 0 radical (unpaired) electrons. The molecule has 0 saturated heterocycles. The summed E-state index contributed by atoms with van der Waals surface area (Å²) in [5.74, 6) is 5.98. The Hall–Kier alpha value is -3.90. The first kappa shape index (κ1) is 23.3. The molecule has 9 nitrogen and oxygen atoms in total. The van der Waals surface area contributed by atoms with Crippen LogP contribution in [0.5, 0.6) is 0 Å². The second kappa shape index (κ2) is 9.93. The zero-order valence-corrected chi connectivity index (χ0v) is 19.2. The summed E-state index contributed by atoms with van der Waals surface area (Å²) >= 11 is 5.16. The van der Waals surface area contributed by atoms with Crippen molar-refractivity contribution in [2.45, 2.75) is 13.3 Å². The zero-order chi connectivity index (χ0) is 24.2. The minimum absolute atomic E-state index is 0.163. The Kier molecular flexibility index (Phi) is 6.80. The van der Waals surface area contributed by atoms with Crippen molar-refractivity contribution >= 4 is 40.1 Å². The van der Waals surface area contributed by atoms with Crippen LogP contribution in [-0.4, -0.2) is 52.6 Å². The van der Waals surface area contributed by atoms with Crippen LogP contribution >= 0.6 is 11.6 Å². The van der Waals surface area contributed by atoms with Crippen LogP contribution in [0.4, 0.5) is 9.59 Å². The molecular formula is C24H20ClN3O6. The predicted octanol–water partition coefficient (Wildman–Crippen LogP) is 3.92. The highest BCUT2D eigenvalue weighted by molar-refractivity contribution is 6.61. The molecule has 0 bridgehead atoms. The number of hydrogen-bond acceptors (Lipinski definition) is 8. The molecule has 10 heteroatoms. The lowest BCUT2D eigenvalue weighted by molar-refractivity contribution is 0.0474. The molecule has 0 aliphatic heterocycles. The summed E-state index contributed by atoms with van der Waals surface area (Å²) < 4.78 is 15.9. The van der Waals surface area contributed by atoms with Crippen molar-refractivity contribution in [1.29, 1.82) is 0 Å². The van der Waals surface area contributed by atoms with Crippen molar-refractivity contribution in [1.82, 2.24) is 14.8 Å². The average Bonchev–Trinajstić information content (AvgIpc) is 3.46. The second-order valence-corrected chi connectivity index (χ2v) is 8.15. The molecule has 2 aromatic heterocycles. The van der Waals surface area contributed by atoms with E-state index in [9.17, 15) is 14.4 Å². The number of benzene rings is 1. The molecule has 1 saturated carbocycles. The minimum atomic E-state index is -0.831. The molecular weight excluding hydrogens is 462 g/mol. The fourth-order valence-corrected chi connectivity index (χ4v) is 3.45. The van der Waals surface area contributed by atoms with Crippen LogP contribution < -0.4 is 0 Å². The van der Waals surface area contributed by atoms with Gasteiger partial charge in [-0.3, -0.25) is 0 Å². The summed E-state index contributed by atoms with van der Waals surface area (Å²) in [6, 6.07) is 6.95. The number of aryl methyl sites for hydroxylation is 1. The highest BCUT2D eigenvalue weighted by Crippen LogP contribution is 2.39. The van der Waals surface area contributed by atoms with Gasteiger partial charge in [-0.15, -0.1) is 4.68 Å². The number of aromatic nitrogens is 3. The molecule has 3 aromatic rings. The number of carbonyl (C=O) groups is 3. The average molecular weight is 482 g/mol. The highest BCUT2D eigenvalue weighted by atomic mass is 35.5. The first-order chi connectivity index (χ1) is 16.4. The molecule has 34 heavy (non-hydrogen) atoms. The van der Waals surface area contributed by atoms with Crippen LogP contribution in [-0.2, 0) is 14.2 Å². The summed E-state index contributed by atoms with van der Waals surface area (Å²) in [7, 11) is 1.27. The SMILES string of the molecule is COC(=O)n1ncc2cc(C#Cc3cc(C(=O)OC[C@H]4CC4COC(=O)Cl)ccc3C)cnc21. The van der Waals surface area contributed by atoms with Gasteiger partial charge in [0.05, 0.1) is 32.1 Å². The molecule has 1 aliphatic carbocycles. The molecule has 2 atom stereocenters. The summed E-state index contributed by atoms with van der Waals surface area (Å²) in [5, 5.41) is 4.62. The Morgan fingerprint density at radius 3 is 2.62 bits per heavy atom. The zero-order valence-electron chi connectivity index (χ0n) is 18.4. The van der Waals surface area contributed by atoms with Gasteiger partial charge < -0.3 is 14.2 Å². The number of rotatable bonds is 5. The van der Waals surface area contributed by atoms with E-state index in [-0.39, 0.29) is 25.0 Å². The number of esters is 1. The summed E-state index contributed by atoms with van der Waals surface area (Å²) in [5.41, 5.74) is 2.15. The first-order valence-electron chi connectivity index (χ1n) is 10.4. The van der Waals surface area contributed by atoms with Gasteiger partial charge in [-0.05, 0) is 48.9 Å². The normalized spacial score (nSPS) is 16.3. The Morgan fingerprint density at radius 2 is 1.88 bits per heavy atom. The van der Waals surface area contributed by atoms with Crippen molar-refractivity contribution in [2.75, 3.05) is 20.3 Å². The van der Waals surface area contributed by atoms with Crippen LogP contribution in [0.25, 0.3) is 11.0 Å². The minimum Gasteiger partial charge on any atom is -0.462 e. The fraction of sp³-hybridized carbons (Fsp3) is 0.292. The topological polar surface area (TPSA) is 110 Å². The number of ether oxygens (including phenoxy) is 3. The number of halogens is 1. The third-order valence-corrected chi connectivity index (χ3v) is 5.59. The predicted molar refractivity (Wildman–Crippen MR) is 122 cm³/mol. The third kappa shape index (κ3) is 5.35. The van der Waals surface area contributed by atoms with Gasteiger partial charge in [0.15, 0.2) is 5.65 Å². The van der Waals surface area contributed by atoms with E-state index in [1.54, 1.807) is 18.2 Å². The van der Waals surface area contributed by atoms with Gasteiger partial charge in [0.2, 0.25) is 0 Å². The Balaban J connectivity index is 1.42. The van der Waals surface area contributed by atoms with Gasteiger partial charge in [-0.1, -0.05) is 17.9 Å². The summed E-state index contributed by atoms with van der Waals surface area (Å²) in [6.07, 6.45) is 3.24. The van der Waals surface area contributed by atoms with E-state index in [1.807, 2.05) is 13.0 Å². The molecule has 1 unspecified atom stereocenters. The lowest BCUT2D eigenvalue weighted by Gasteiger charge is -2.06. The fourth-order valence-electron chi connectivity index (χ4n) is 3.39. The Bertz CT molecular complexity index is 1340. The standard InChI is InChI=1S/C24H20ClN3O6/c1-14-3-5-17(22(29)33-12-19-9-20(19)13-34-23(25)30)8-16(14)6-4-15-7-18-11-27-28(24(31)32-2)21(18)26-10-15/h3,5,7-8,10-11,19-20H,9,12-13H2,1-2H3/t19-,20?/m1/s1. The van der Waals surface area contributed by atoms with Crippen LogP contribution in [0.2, 0.25) is 0 Å². The van der Waals surface area contributed by atoms with Crippen molar-refractivity contribution in [3.63, 3.8) is 0 Å². The number of nitrogens with zero attached hydrogens (tertiary/aromatic N) is 3. The first-order valence-corrected chi connectivity index (χ1v) is 10.8. The lowest BCUT2D eigenvalue weighted by atomic mass is 10.0. The van der Waals surface area contributed by atoms with Crippen LogP contribution in [0.3, 0.4) is 0 Å². The van der Waals surface area contributed by atoms with E-state index in [0.717, 1.165) is 16.7 Å². The van der Waals surface area contributed by atoms with Gasteiger partial charge in [0, 0.05) is 34.3 Å². The van der Waals surface area contributed by atoms with E-state index in [4.69, 9.17) is 21.1 Å². The van der Waals surface area contributed by atoms with E-state index in [0.29, 0.717) is 27.7 Å². The monoisotopic (exact) mass is 481 g/mol. The molecule has 0 amide bonds. The van der Waals surface area contributed by atoms with Gasteiger partial charge in [-0.25, -0.2) is 19.4 Å². The van der Waals surface area contributed by atoms with E-state index < -0.39 is 17.5 Å². The maximum Gasteiger partial charge on any atom is 0.436 e. The highest BCUT2D eigenvalue weighted by Gasteiger charge is 2.39. The molecule has 0 N–H and O–H groups in total. The third-order valence-electron chi connectivity index (χ3n) is 5.48. The van der Waals surface area contributed by atoms with Gasteiger partial charge in [0.1, 0.15) is 0 Å². The molecule has 4 rings (SSSR count). The molecule has 174 valence electrons. The Morgan fingerprint density at radius 1 is 1.12 bits per heavy atom. The number of hydrogen-bond donors (Lipinski definition) is 0. The second-order valence-electron chi connectivity index (χ2n) is 7.85. The largest absolute Gasteiger partial charge is 0.462 e. The van der Waals surface area contributed by atoms with Crippen molar-refractivity contribution in [3.8, 4) is 11.8 Å². The summed E-state index contributed by atoms with van der Waals surface area (Å²) in [6.45, 7) is 2.38. The number of carbonyl (C=O) groups excluding carboxylic acids is 3. The van der Waals surface area contributed by atoms with Crippen LogP contribution in [0.1, 0.15) is 33.5 Å². The quantitative estimate of drug-likeness (QED) is 0.233. The molecule has 1 fully saturated rings. The maximum absolute atomic E-state index is 12.5. The van der Waals surface area contributed by atoms with E-state index in [2.05, 4.69) is 26.7 Å². The molecule has 0 spiro atoms. The van der Waals surface area contributed by atoms with Crippen molar-refractivity contribution in [3.05, 3.63) is 58.9 Å². The van der Waals surface area contributed by atoms with Gasteiger partial charge in [-0.2, -0.15) is 5.10 Å².